The summed E-state index contributed by atoms with van der Waals surface area (Å²) in [7, 11) is -3.72. The molecule has 2 aromatic rings. The molecule has 2 heterocycles. The number of aromatic nitrogens is 1. The van der Waals surface area contributed by atoms with E-state index in [4.69, 9.17) is 16.3 Å². The van der Waals surface area contributed by atoms with Gasteiger partial charge in [0.05, 0.1) is 15.6 Å². The van der Waals surface area contributed by atoms with Crippen molar-refractivity contribution >= 4 is 39.0 Å². The number of sulfonamides is 1. The SMILES string of the molecule is O=C(COc1cccnc1[N+](=O)[O-])Nc1cc(S(=O)(=O)N2CCCCCC2)ccc1Cl. The van der Waals surface area contributed by atoms with E-state index in [1.165, 1.54) is 40.8 Å². The zero-order chi connectivity index (χ0) is 22.4. The van der Waals surface area contributed by atoms with Crippen LogP contribution in [0.25, 0.3) is 0 Å². The van der Waals surface area contributed by atoms with Gasteiger partial charge in [-0.15, -0.1) is 0 Å². The molecule has 1 aromatic heterocycles. The van der Waals surface area contributed by atoms with Gasteiger partial charge in [0, 0.05) is 13.1 Å². The highest BCUT2D eigenvalue weighted by Gasteiger charge is 2.26. The molecule has 1 N–H and O–H groups in total. The Kier molecular flexibility index (Phi) is 7.42. The van der Waals surface area contributed by atoms with Crippen molar-refractivity contribution in [3.63, 3.8) is 0 Å². The van der Waals surface area contributed by atoms with E-state index in [9.17, 15) is 23.3 Å². The molecule has 3 rings (SSSR count). The Bertz CT molecular complexity index is 1070. The first kappa shape index (κ1) is 22.9. The van der Waals surface area contributed by atoms with Crippen LogP contribution in [-0.4, -0.2) is 48.2 Å². The lowest BCUT2D eigenvalue weighted by molar-refractivity contribution is -0.390. The summed E-state index contributed by atoms with van der Waals surface area (Å²) < 4.78 is 32.6. The van der Waals surface area contributed by atoms with Crippen LogP contribution < -0.4 is 10.1 Å². The van der Waals surface area contributed by atoms with E-state index < -0.39 is 33.3 Å². The molecule has 1 amide bonds. The number of hydrogen-bond donors (Lipinski definition) is 1. The fraction of sp³-hybridized carbons (Fsp3) is 0.368. The van der Waals surface area contributed by atoms with Crippen LogP contribution in [0.2, 0.25) is 5.02 Å². The number of rotatable bonds is 7. The van der Waals surface area contributed by atoms with Gasteiger partial charge < -0.3 is 20.2 Å². The van der Waals surface area contributed by atoms with Crippen molar-refractivity contribution in [2.45, 2.75) is 30.6 Å². The van der Waals surface area contributed by atoms with Crippen molar-refractivity contribution in [1.82, 2.24) is 9.29 Å². The fourth-order valence-electron chi connectivity index (χ4n) is 3.15. The lowest BCUT2D eigenvalue weighted by Crippen LogP contribution is -2.32. The Balaban J connectivity index is 1.72. The number of nitrogens with zero attached hydrogens (tertiary/aromatic N) is 3. The van der Waals surface area contributed by atoms with Crippen LogP contribution in [0, 0.1) is 10.1 Å². The fourth-order valence-corrected chi connectivity index (χ4v) is 4.86. The zero-order valence-electron chi connectivity index (χ0n) is 16.5. The van der Waals surface area contributed by atoms with Gasteiger partial charge in [0.15, 0.2) is 6.61 Å². The van der Waals surface area contributed by atoms with Gasteiger partial charge >= 0.3 is 5.82 Å². The normalized spacial score (nSPS) is 15.1. The summed E-state index contributed by atoms with van der Waals surface area (Å²) in [6.07, 6.45) is 4.82. The molecule has 0 unspecified atom stereocenters. The van der Waals surface area contributed by atoms with Gasteiger partial charge in [0.1, 0.15) is 6.20 Å². The highest BCUT2D eigenvalue weighted by Crippen LogP contribution is 2.28. The molecule has 1 aliphatic rings. The minimum Gasteiger partial charge on any atom is -0.476 e. The number of halogens is 1. The summed E-state index contributed by atoms with van der Waals surface area (Å²) >= 11 is 6.12. The summed E-state index contributed by atoms with van der Waals surface area (Å²) in [6.45, 7) is 0.348. The molecule has 1 aliphatic heterocycles. The second-order valence-electron chi connectivity index (χ2n) is 6.88. The second-order valence-corrected chi connectivity index (χ2v) is 9.22. The second kappa shape index (κ2) is 10.0. The molecular weight excluding hydrogens is 448 g/mol. The summed E-state index contributed by atoms with van der Waals surface area (Å²) in [6, 6.07) is 6.85. The molecule has 1 fully saturated rings. The van der Waals surface area contributed by atoms with Crippen LogP contribution in [0.3, 0.4) is 0 Å². The number of carbonyl (C=O) groups is 1. The first-order chi connectivity index (χ1) is 14.8. The van der Waals surface area contributed by atoms with Crippen LogP contribution in [0.4, 0.5) is 11.5 Å². The van der Waals surface area contributed by atoms with Crippen LogP contribution in [0.1, 0.15) is 25.7 Å². The van der Waals surface area contributed by atoms with Crippen LogP contribution in [0.15, 0.2) is 41.4 Å². The van der Waals surface area contributed by atoms with Crippen LogP contribution in [-0.2, 0) is 14.8 Å². The maximum Gasteiger partial charge on any atom is 0.406 e. The monoisotopic (exact) mass is 468 g/mol. The van der Waals surface area contributed by atoms with Crippen LogP contribution >= 0.6 is 11.6 Å². The summed E-state index contributed by atoms with van der Waals surface area (Å²) in [5.41, 5.74) is 0.104. The molecule has 10 nitrogen and oxygen atoms in total. The van der Waals surface area contributed by atoms with Gasteiger partial charge in [-0.05, 0) is 53.1 Å². The van der Waals surface area contributed by atoms with E-state index in [1.54, 1.807) is 0 Å². The standard InChI is InChI=1S/C19H21ClN4O6S/c20-15-8-7-14(31(28,29)23-10-3-1-2-4-11-23)12-16(15)22-18(25)13-30-17-6-5-9-21-19(17)24(26)27/h5-9,12H,1-4,10-11,13H2,(H,22,25). The first-order valence-corrected chi connectivity index (χ1v) is 11.4. The third-order valence-corrected chi connectivity index (χ3v) is 6.92. The molecule has 12 heteroatoms. The van der Waals surface area contributed by atoms with E-state index in [1.807, 2.05) is 0 Å². The molecular formula is C19H21ClN4O6S. The lowest BCUT2D eigenvalue weighted by atomic mass is 10.2. The Morgan fingerprint density at radius 3 is 2.61 bits per heavy atom. The van der Waals surface area contributed by atoms with Gasteiger partial charge in [-0.1, -0.05) is 24.4 Å². The molecule has 0 aliphatic carbocycles. The Morgan fingerprint density at radius 2 is 1.94 bits per heavy atom. The third kappa shape index (κ3) is 5.69. The average Bonchev–Trinajstić information content (AvgIpc) is 3.04. The predicted octanol–water partition coefficient (Wildman–Crippen LogP) is 3.23. The van der Waals surface area contributed by atoms with Gasteiger partial charge in [0.2, 0.25) is 15.8 Å². The molecule has 0 atom stereocenters. The smallest absolute Gasteiger partial charge is 0.406 e. The number of nitro groups is 1. The number of carbonyl (C=O) groups excluding carboxylic acids is 1. The van der Waals surface area contributed by atoms with Crippen molar-refractivity contribution in [2.24, 2.45) is 0 Å². The van der Waals surface area contributed by atoms with Crippen molar-refractivity contribution in [3.8, 4) is 5.75 Å². The van der Waals surface area contributed by atoms with Crippen molar-refractivity contribution in [1.29, 1.82) is 0 Å². The molecule has 0 saturated carbocycles. The molecule has 166 valence electrons. The number of anilines is 1. The Morgan fingerprint density at radius 1 is 1.23 bits per heavy atom. The minimum atomic E-state index is -3.72. The maximum absolute atomic E-state index is 13.0. The topological polar surface area (TPSA) is 132 Å². The molecule has 0 bridgehead atoms. The number of pyridine rings is 1. The maximum atomic E-state index is 13.0. The van der Waals surface area contributed by atoms with E-state index >= 15 is 0 Å². The highest BCUT2D eigenvalue weighted by molar-refractivity contribution is 7.89. The van der Waals surface area contributed by atoms with Crippen molar-refractivity contribution in [2.75, 3.05) is 25.0 Å². The van der Waals surface area contributed by atoms with Gasteiger partial charge in [-0.2, -0.15) is 4.31 Å². The third-order valence-electron chi connectivity index (χ3n) is 4.70. The van der Waals surface area contributed by atoms with Crippen molar-refractivity contribution in [3.05, 3.63) is 51.7 Å². The zero-order valence-corrected chi connectivity index (χ0v) is 18.1. The highest BCUT2D eigenvalue weighted by atomic mass is 35.5. The predicted molar refractivity (Wildman–Crippen MR) is 114 cm³/mol. The minimum absolute atomic E-state index is 0.0258. The van der Waals surface area contributed by atoms with E-state index in [0.29, 0.717) is 13.1 Å². The molecule has 1 saturated heterocycles. The van der Waals surface area contributed by atoms with Crippen LogP contribution in [0.5, 0.6) is 5.75 Å². The van der Waals surface area contributed by atoms with Gasteiger partial charge in [-0.25, -0.2) is 8.42 Å². The van der Waals surface area contributed by atoms with Crippen molar-refractivity contribution < 1.29 is 22.9 Å². The van der Waals surface area contributed by atoms with E-state index in [-0.39, 0.29) is 21.4 Å². The number of benzene rings is 1. The van der Waals surface area contributed by atoms with E-state index in [0.717, 1.165) is 25.7 Å². The molecule has 1 aromatic carbocycles. The Hall–Kier alpha value is -2.76. The lowest BCUT2D eigenvalue weighted by Gasteiger charge is -2.20. The quantitative estimate of drug-likeness (QED) is 0.487. The summed E-state index contributed by atoms with van der Waals surface area (Å²) in [5.74, 6) is -1.34. The first-order valence-electron chi connectivity index (χ1n) is 9.61. The van der Waals surface area contributed by atoms with Gasteiger partial charge in [-0.3, -0.25) is 4.79 Å². The largest absolute Gasteiger partial charge is 0.476 e. The molecule has 0 radical (unpaired) electrons. The van der Waals surface area contributed by atoms with E-state index in [2.05, 4.69) is 10.3 Å². The number of amides is 1. The van der Waals surface area contributed by atoms with Gasteiger partial charge in [0.25, 0.3) is 5.91 Å². The summed E-state index contributed by atoms with van der Waals surface area (Å²) in [4.78, 5) is 26.2. The Labute approximate surface area is 184 Å². The molecule has 31 heavy (non-hydrogen) atoms. The molecule has 0 spiro atoms. The number of nitrogens with one attached hydrogen (secondary N) is 1. The average molecular weight is 469 g/mol. The number of hydrogen-bond acceptors (Lipinski definition) is 7. The number of ether oxygens (including phenoxy) is 1. The summed E-state index contributed by atoms with van der Waals surface area (Å²) in [5, 5.41) is 13.6.